The fraction of sp³-hybridized carbons (Fsp3) is 0.381. The average Bonchev–Trinajstić information content (AvgIpc) is 2.71. The first-order valence-corrected chi connectivity index (χ1v) is 13.3. The number of primary sulfonamides is 1. The molecule has 1 fully saturated rings. The van der Waals surface area contributed by atoms with Crippen LogP contribution in [-0.2, 0) is 30.6 Å². The van der Waals surface area contributed by atoms with Crippen LogP contribution in [0.1, 0.15) is 16.7 Å². The molecule has 2 aromatic carbocycles. The lowest BCUT2D eigenvalue weighted by molar-refractivity contribution is -0.117. The van der Waals surface area contributed by atoms with Crippen LogP contribution in [0.15, 0.2) is 47.4 Å². The fourth-order valence-corrected chi connectivity index (χ4v) is 5.69. The molecule has 1 amide bonds. The topological polar surface area (TPSA) is 130 Å². The van der Waals surface area contributed by atoms with Crippen LogP contribution < -0.4 is 10.5 Å². The van der Waals surface area contributed by atoms with E-state index in [1.165, 1.54) is 16.4 Å². The Hall–Kier alpha value is -2.31. The molecule has 3 rings (SSSR count). The summed E-state index contributed by atoms with van der Waals surface area (Å²) in [6.07, 6.45) is 0. The highest BCUT2D eigenvalue weighted by Crippen LogP contribution is 2.23. The molecule has 32 heavy (non-hydrogen) atoms. The van der Waals surface area contributed by atoms with E-state index < -0.39 is 20.0 Å². The molecule has 1 heterocycles. The van der Waals surface area contributed by atoms with Crippen molar-refractivity contribution in [3.05, 3.63) is 59.2 Å². The van der Waals surface area contributed by atoms with Gasteiger partial charge in [0.2, 0.25) is 26.0 Å². The molecule has 0 saturated carbocycles. The lowest BCUT2D eigenvalue weighted by Crippen LogP contribution is -2.50. The highest BCUT2D eigenvalue weighted by molar-refractivity contribution is 7.89. The zero-order valence-electron chi connectivity index (χ0n) is 18.1. The van der Waals surface area contributed by atoms with Crippen molar-refractivity contribution in [3.63, 3.8) is 0 Å². The molecular weight excluding hydrogens is 452 g/mol. The van der Waals surface area contributed by atoms with E-state index >= 15 is 0 Å². The summed E-state index contributed by atoms with van der Waals surface area (Å²) in [5.41, 5.74) is 2.58. The van der Waals surface area contributed by atoms with Crippen LogP contribution in [-0.4, -0.2) is 64.7 Å². The number of sulfonamides is 2. The number of rotatable bonds is 7. The van der Waals surface area contributed by atoms with Crippen LogP contribution in [0.5, 0.6) is 0 Å². The monoisotopic (exact) mass is 480 g/mol. The molecule has 1 saturated heterocycles. The Kier molecular flexibility index (Phi) is 7.36. The van der Waals surface area contributed by atoms with Gasteiger partial charge in [-0.15, -0.1) is 0 Å². The summed E-state index contributed by atoms with van der Waals surface area (Å²) in [6.45, 7) is 5.07. The Bertz CT molecular complexity index is 1190. The number of carbonyl (C=O) groups excluding carboxylic acids is 1. The van der Waals surface area contributed by atoms with Crippen molar-refractivity contribution in [3.8, 4) is 0 Å². The van der Waals surface area contributed by atoms with Crippen molar-refractivity contribution in [1.29, 1.82) is 0 Å². The summed E-state index contributed by atoms with van der Waals surface area (Å²) in [5, 5.41) is 7.97. The van der Waals surface area contributed by atoms with E-state index in [1.54, 1.807) is 26.0 Å². The summed E-state index contributed by atoms with van der Waals surface area (Å²) in [7, 11) is -7.32. The van der Waals surface area contributed by atoms with Gasteiger partial charge in [-0.2, -0.15) is 4.31 Å². The van der Waals surface area contributed by atoms with Gasteiger partial charge in [-0.05, 0) is 42.7 Å². The standard InChI is InChI=1S/C21H28N4O5S2/c1-16-12-19(32(22,29)30)13-20(17(16)2)23-21(26)14-24-8-10-25(11-9-24)31(27,28)15-18-6-4-3-5-7-18/h3-7,12-13H,8-11,14-15H2,1-2H3,(H,23,26)(H2,22,29,30). The van der Waals surface area contributed by atoms with Gasteiger partial charge < -0.3 is 5.32 Å². The van der Waals surface area contributed by atoms with Crippen LogP contribution in [0.4, 0.5) is 5.69 Å². The maximum absolute atomic E-state index is 12.7. The second-order valence-electron chi connectivity index (χ2n) is 7.92. The van der Waals surface area contributed by atoms with E-state index in [0.29, 0.717) is 37.4 Å². The van der Waals surface area contributed by atoms with Gasteiger partial charge in [0, 0.05) is 31.9 Å². The first-order valence-electron chi connectivity index (χ1n) is 10.1. The molecule has 0 unspecified atom stereocenters. The van der Waals surface area contributed by atoms with Crippen molar-refractivity contribution in [2.75, 3.05) is 38.0 Å². The molecule has 1 aliphatic heterocycles. The largest absolute Gasteiger partial charge is 0.325 e. The van der Waals surface area contributed by atoms with Crippen LogP contribution >= 0.6 is 0 Å². The number of nitrogens with one attached hydrogen (secondary N) is 1. The Labute approximate surface area is 189 Å². The first-order chi connectivity index (χ1) is 15.0. The highest BCUT2D eigenvalue weighted by atomic mass is 32.2. The Morgan fingerprint density at radius 2 is 1.62 bits per heavy atom. The summed E-state index contributed by atoms with van der Waals surface area (Å²) in [4.78, 5) is 14.4. The molecule has 0 aromatic heterocycles. The number of piperazine rings is 1. The van der Waals surface area contributed by atoms with Crippen LogP contribution in [0.3, 0.4) is 0 Å². The smallest absolute Gasteiger partial charge is 0.238 e. The lowest BCUT2D eigenvalue weighted by atomic mass is 10.1. The molecular formula is C21H28N4O5S2. The third-order valence-corrected chi connectivity index (χ3v) is 8.27. The number of hydrogen-bond acceptors (Lipinski definition) is 6. The Morgan fingerprint density at radius 3 is 2.22 bits per heavy atom. The number of nitrogens with zero attached hydrogens (tertiary/aromatic N) is 2. The minimum Gasteiger partial charge on any atom is -0.325 e. The minimum atomic E-state index is -3.89. The third kappa shape index (κ3) is 6.14. The summed E-state index contributed by atoms with van der Waals surface area (Å²) < 4.78 is 50.2. The normalized spacial score (nSPS) is 16.1. The number of nitrogens with two attached hydrogens (primary N) is 1. The van der Waals surface area contributed by atoms with E-state index in [-0.39, 0.29) is 23.1 Å². The number of carbonyl (C=O) groups is 1. The predicted octanol–water partition coefficient (Wildman–Crippen LogP) is 1.04. The Balaban J connectivity index is 1.58. The van der Waals surface area contributed by atoms with Crippen LogP contribution in [0.2, 0.25) is 0 Å². The molecule has 0 atom stereocenters. The summed E-state index contributed by atoms with van der Waals surface area (Å²) in [6, 6.07) is 11.8. The molecule has 0 bridgehead atoms. The average molecular weight is 481 g/mol. The molecule has 3 N–H and O–H groups in total. The van der Waals surface area contributed by atoms with Gasteiger partial charge >= 0.3 is 0 Å². The number of aryl methyl sites for hydroxylation is 1. The van der Waals surface area contributed by atoms with Gasteiger partial charge in [0.05, 0.1) is 17.2 Å². The maximum Gasteiger partial charge on any atom is 0.238 e. The number of benzene rings is 2. The van der Waals surface area contributed by atoms with Crippen molar-refractivity contribution in [1.82, 2.24) is 9.21 Å². The molecule has 174 valence electrons. The quantitative estimate of drug-likeness (QED) is 0.609. The zero-order valence-corrected chi connectivity index (χ0v) is 19.7. The maximum atomic E-state index is 12.7. The predicted molar refractivity (Wildman–Crippen MR) is 123 cm³/mol. The van der Waals surface area contributed by atoms with E-state index in [9.17, 15) is 21.6 Å². The summed E-state index contributed by atoms with van der Waals surface area (Å²) in [5.74, 6) is -0.354. The fourth-order valence-electron chi connectivity index (χ4n) is 3.56. The van der Waals surface area contributed by atoms with Crippen molar-refractivity contribution >= 4 is 31.6 Å². The first kappa shape index (κ1) is 24.3. The van der Waals surface area contributed by atoms with Crippen LogP contribution in [0, 0.1) is 13.8 Å². The number of anilines is 1. The van der Waals surface area contributed by atoms with E-state index in [2.05, 4.69) is 5.32 Å². The minimum absolute atomic E-state index is 0.0483. The molecule has 0 radical (unpaired) electrons. The summed E-state index contributed by atoms with van der Waals surface area (Å²) >= 11 is 0. The molecule has 0 aliphatic carbocycles. The van der Waals surface area contributed by atoms with E-state index in [1.807, 2.05) is 23.1 Å². The van der Waals surface area contributed by atoms with Gasteiger partial charge in [0.1, 0.15) is 0 Å². The van der Waals surface area contributed by atoms with E-state index in [4.69, 9.17) is 5.14 Å². The highest BCUT2D eigenvalue weighted by Gasteiger charge is 2.28. The molecule has 1 aliphatic rings. The van der Waals surface area contributed by atoms with Crippen LogP contribution in [0.25, 0.3) is 0 Å². The van der Waals surface area contributed by atoms with Gasteiger partial charge in [-0.3, -0.25) is 9.69 Å². The number of amides is 1. The zero-order chi connectivity index (χ0) is 23.5. The third-order valence-electron chi connectivity index (χ3n) is 5.53. The van der Waals surface area contributed by atoms with Gasteiger partial charge in [0.25, 0.3) is 0 Å². The van der Waals surface area contributed by atoms with Gasteiger partial charge in [-0.25, -0.2) is 22.0 Å². The molecule has 11 heteroatoms. The van der Waals surface area contributed by atoms with Gasteiger partial charge in [0.15, 0.2) is 0 Å². The molecule has 2 aromatic rings. The Morgan fingerprint density at radius 1 is 1.00 bits per heavy atom. The van der Waals surface area contributed by atoms with Crippen molar-refractivity contribution in [2.24, 2.45) is 5.14 Å². The van der Waals surface area contributed by atoms with Crippen molar-refractivity contribution in [2.45, 2.75) is 24.5 Å². The lowest BCUT2D eigenvalue weighted by Gasteiger charge is -2.33. The number of hydrogen-bond donors (Lipinski definition) is 2. The second kappa shape index (κ2) is 9.67. The van der Waals surface area contributed by atoms with Crippen molar-refractivity contribution < 1.29 is 21.6 Å². The van der Waals surface area contributed by atoms with Gasteiger partial charge in [-0.1, -0.05) is 30.3 Å². The SMILES string of the molecule is Cc1cc(S(N)(=O)=O)cc(NC(=O)CN2CCN(S(=O)(=O)Cc3ccccc3)CC2)c1C. The molecule has 9 nitrogen and oxygen atoms in total. The second-order valence-corrected chi connectivity index (χ2v) is 11.5. The molecule has 0 spiro atoms. The van der Waals surface area contributed by atoms with E-state index in [0.717, 1.165) is 11.1 Å².